The van der Waals surface area contributed by atoms with Crippen molar-refractivity contribution in [3.8, 4) is 0 Å². The number of esters is 2. The highest BCUT2D eigenvalue weighted by Crippen LogP contribution is 2.43. The fourth-order valence-corrected chi connectivity index (χ4v) is 11.9. The maximum Gasteiger partial charge on any atom is 0.472 e. The second-order valence-corrected chi connectivity index (χ2v) is 27.3. The Morgan fingerprint density at radius 3 is 0.903 bits per heavy atom. The van der Waals surface area contributed by atoms with E-state index in [4.69, 9.17) is 24.3 Å². The van der Waals surface area contributed by atoms with Crippen LogP contribution < -0.4 is 5.73 Å². The molecule has 0 saturated heterocycles. The van der Waals surface area contributed by atoms with Gasteiger partial charge in [-0.25, -0.2) is 4.57 Å². The number of allylic oxidation sites excluding steroid dienone is 20. The highest BCUT2D eigenvalue weighted by Gasteiger charge is 2.26. The van der Waals surface area contributed by atoms with Crippen molar-refractivity contribution in [2.24, 2.45) is 5.73 Å². The summed E-state index contributed by atoms with van der Waals surface area (Å²) < 4.78 is 33.2. The lowest BCUT2D eigenvalue weighted by Crippen LogP contribution is -2.29. The molecule has 0 saturated carbocycles. The fraction of sp³-hybridized carbons (Fsp3) is 0.735. The van der Waals surface area contributed by atoms with Crippen LogP contribution >= 0.6 is 7.82 Å². The Morgan fingerprint density at radius 2 is 0.591 bits per heavy atom. The SMILES string of the molecule is CC/C=C\C/C=C\C/C=C\C/C=C\C/C=C\C/C=C\C/C=C\C/C=C\C/C=C\CCCCCC(=O)OC(COC(=O)CCCCCCCCCCCCCCCCCCCCCCCCCCCCCCC/C=C\CCCCCCCCCC)COP(=O)(O)OCCN. The summed E-state index contributed by atoms with van der Waals surface area (Å²) in [5.41, 5.74) is 5.41. The largest absolute Gasteiger partial charge is 0.472 e. The van der Waals surface area contributed by atoms with Crippen LogP contribution in [-0.4, -0.2) is 49.3 Å². The molecule has 0 spiro atoms. The van der Waals surface area contributed by atoms with E-state index in [-0.39, 0.29) is 38.6 Å². The molecule has 10 heteroatoms. The fourth-order valence-electron chi connectivity index (χ4n) is 11.1. The second-order valence-electron chi connectivity index (χ2n) is 25.8. The van der Waals surface area contributed by atoms with Crippen LogP contribution in [0.2, 0.25) is 0 Å². The molecule has 0 aromatic heterocycles. The van der Waals surface area contributed by atoms with Gasteiger partial charge in [-0.15, -0.1) is 0 Å². The Balaban J connectivity index is 3.85. The lowest BCUT2D eigenvalue weighted by atomic mass is 10.0. The molecule has 0 amide bonds. The summed E-state index contributed by atoms with van der Waals surface area (Å²) in [4.78, 5) is 35.4. The molecule has 0 fully saturated rings. The number of phosphoric acid groups is 1. The van der Waals surface area contributed by atoms with E-state index in [1.54, 1.807) is 0 Å². The van der Waals surface area contributed by atoms with Crippen molar-refractivity contribution in [1.82, 2.24) is 0 Å². The van der Waals surface area contributed by atoms with Crippen LogP contribution in [0.5, 0.6) is 0 Å². The van der Waals surface area contributed by atoms with Crippen LogP contribution in [0.4, 0.5) is 0 Å². The van der Waals surface area contributed by atoms with E-state index in [0.29, 0.717) is 6.42 Å². The smallest absolute Gasteiger partial charge is 0.462 e. The molecule has 3 N–H and O–H groups in total. The molecule has 0 aromatic rings. The van der Waals surface area contributed by atoms with Crippen molar-refractivity contribution in [2.45, 2.75) is 367 Å². The summed E-state index contributed by atoms with van der Waals surface area (Å²) in [6.07, 6.45) is 109. The lowest BCUT2D eigenvalue weighted by Gasteiger charge is -2.19. The first-order valence-corrected chi connectivity index (χ1v) is 40.5. The zero-order valence-electron chi connectivity index (χ0n) is 60.5. The number of ether oxygens (including phenoxy) is 2. The van der Waals surface area contributed by atoms with Crippen molar-refractivity contribution in [1.29, 1.82) is 0 Å². The monoisotopic (exact) mass is 1320 g/mol. The zero-order valence-corrected chi connectivity index (χ0v) is 61.4. The molecule has 0 aromatic carbocycles. The van der Waals surface area contributed by atoms with Crippen molar-refractivity contribution in [3.05, 3.63) is 122 Å². The first-order valence-electron chi connectivity index (χ1n) is 39.0. The van der Waals surface area contributed by atoms with Crippen molar-refractivity contribution >= 4 is 19.8 Å². The summed E-state index contributed by atoms with van der Waals surface area (Å²) >= 11 is 0. The Hall–Kier alpha value is -3.59. The molecule has 0 bridgehead atoms. The number of phosphoric ester groups is 1. The van der Waals surface area contributed by atoms with E-state index in [9.17, 15) is 19.0 Å². The van der Waals surface area contributed by atoms with Crippen molar-refractivity contribution < 1.29 is 37.6 Å². The summed E-state index contributed by atoms with van der Waals surface area (Å²) in [5.74, 6) is -0.861. The van der Waals surface area contributed by atoms with E-state index in [0.717, 1.165) is 96.3 Å². The van der Waals surface area contributed by atoms with Crippen LogP contribution in [0.25, 0.3) is 0 Å². The summed E-state index contributed by atoms with van der Waals surface area (Å²) in [6.45, 7) is 3.62. The molecular weight excluding hydrogens is 1170 g/mol. The molecule has 9 nitrogen and oxygen atoms in total. The Labute approximate surface area is 574 Å². The van der Waals surface area contributed by atoms with Gasteiger partial charge < -0.3 is 20.1 Å². The molecule has 93 heavy (non-hydrogen) atoms. The molecule has 0 radical (unpaired) electrons. The number of hydrogen-bond donors (Lipinski definition) is 2. The minimum Gasteiger partial charge on any atom is -0.462 e. The van der Waals surface area contributed by atoms with Gasteiger partial charge in [0.25, 0.3) is 0 Å². The van der Waals surface area contributed by atoms with Gasteiger partial charge in [-0.1, -0.05) is 360 Å². The molecule has 0 heterocycles. The van der Waals surface area contributed by atoms with Crippen LogP contribution in [0, 0.1) is 0 Å². The second kappa shape index (κ2) is 77.4. The van der Waals surface area contributed by atoms with Gasteiger partial charge in [-0.3, -0.25) is 18.6 Å². The maximum absolute atomic E-state index is 12.8. The van der Waals surface area contributed by atoms with Gasteiger partial charge in [0.15, 0.2) is 6.10 Å². The molecule has 0 rings (SSSR count). The van der Waals surface area contributed by atoms with Gasteiger partial charge in [0.05, 0.1) is 13.2 Å². The first-order chi connectivity index (χ1) is 45.8. The molecular formula is C83H146NO8P. The summed E-state index contributed by atoms with van der Waals surface area (Å²) in [7, 11) is -4.41. The van der Waals surface area contributed by atoms with Crippen molar-refractivity contribution in [2.75, 3.05) is 26.4 Å². The zero-order chi connectivity index (χ0) is 67.2. The third kappa shape index (κ3) is 77.3. The number of carbonyl (C=O) groups excluding carboxylic acids is 2. The quantitative estimate of drug-likeness (QED) is 0.0264. The molecule has 536 valence electrons. The number of nitrogens with two attached hydrogens (primary N) is 1. The van der Waals surface area contributed by atoms with Crippen LogP contribution in [-0.2, 0) is 32.7 Å². The molecule has 2 unspecified atom stereocenters. The highest BCUT2D eigenvalue weighted by molar-refractivity contribution is 7.47. The van der Waals surface area contributed by atoms with Gasteiger partial charge >= 0.3 is 19.8 Å². The minimum atomic E-state index is -4.41. The first kappa shape index (κ1) is 89.4. The van der Waals surface area contributed by atoms with Crippen molar-refractivity contribution in [3.63, 3.8) is 0 Å². The normalized spacial score (nSPS) is 13.5. The maximum atomic E-state index is 12.8. The summed E-state index contributed by atoms with van der Waals surface area (Å²) in [5, 5.41) is 0. The minimum absolute atomic E-state index is 0.0428. The van der Waals surface area contributed by atoms with E-state index in [1.807, 2.05) is 0 Å². The highest BCUT2D eigenvalue weighted by atomic mass is 31.2. The molecule has 0 aliphatic rings. The van der Waals surface area contributed by atoms with Crippen LogP contribution in [0.1, 0.15) is 361 Å². The topological polar surface area (TPSA) is 134 Å². The van der Waals surface area contributed by atoms with E-state index in [1.165, 1.54) is 231 Å². The number of carbonyl (C=O) groups is 2. The Kier molecular flexibility index (Phi) is 74.4. The Bertz CT molecular complexity index is 1950. The van der Waals surface area contributed by atoms with Crippen LogP contribution in [0.15, 0.2) is 122 Å². The number of hydrogen-bond acceptors (Lipinski definition) is 8. The van der Waals surface area contributed by atoms with Gasteiger partial charge in [-0.2, -0.15) is 0 Å². The molecule has 0 aliphatic heterocycles. The summed E-state index contributed by atoms with van der Waals surface area (Å²) in [6, 6.07) is 0. The standard InChI is InChI=1S/C83H146NO8P/c1-3-5-7-9-11-13-15-17-19-21-23-25-27-29-31-33-35-36-37-38-39-40-41-42-43-44-46-47-49-51-53-55-57-59-61-63-65-67-69-71-73-75-82(85)89-79-81(80-91-93(87,88)90-78-77-84)92-83(86)76-74-72-70-68-66-64-62-60-58-56-54-52-50-48-45-34-32-30-28-26-24-22-20-18-16-14-12-10-8-6-4-2/h6,8,12,14,18,20-21,23-24,26,30,32,45,48,52,54,58,60,64,66,81H,3-5,7,9-11,13,15-17,19,22,25,27-29,31,33-44,46-47,49-51,53,55-57,59,61-63,65,67-80,84H2,1-2H3,(H,87,88)/b8-6-,14-12-,20-18-,23-21-,26-24-,32-30-,48-45-,54-52-,60-58-,66-64-. The number of unbranched alkanes of at least 4 members (excludes halogenated alkanes) is 40. The van der Waals surface area contributed by atoms with E-state index < -0.39 is 26.5 Å². The van der Waals surface area contributed by atoms with E-state index in [2.05, 4.69) is 135 Å². The predicted octanol–water partition coefficient (Wildman–Crippen LogP) is 26.2. The molecule has 2 atom stereocenters. The van der Waals surface area contributed by atoms with Crippen LogP contribution in [0.3, 0.4) is 0 Å². The average Bonchev–Trinajstić information content (AvgIpc) is 3.70. The van der Waals surface area contributed by atoms with E-state index >= 15 is 0 Å². The molecule has 0 aliphatic carbocycles. The van der Waals surface area contributed by atoms with Gasteiger partial charge in [0, 0.05) is 19.4 Å². The lowest BCUT2D eigenvalue weighted by molar-refractivity contribution is -0.161. The average molecular weight is 1320 g/mol. The number of rotatable bonds is 73. The van der Waals surface area contributed by atoms with Gasteiger partial charge in [0.2, 0.25) is 0 Å². The Morgan fingerprint density at radius 1 is 0.333 bits per heavy atom. The predicted molar refractivity (Wildman–Crippen MR) is 404 cm³/mol. The van der Waals surface area contributed by atoms with Gasteiger partial charge in [0.1, 0.15) is 6.61 Å². The van der Waals surface area contributed by atoms with Gasteiger partial charge in [-0.05, 0) is 109 Å². The third-order valence-electron chi connectivity index (χ3n) is 16.8. The third-order valence-corrected chi connectivity index (χ3v) is 17.8.